The van der Waals surface area contributed by atoms with Crippen molar-refractivity contribution in [2.45, 2.75) is 39.2 Å². The molecule has 0 spiro atoms. The molecule has 2 aromatic carbocycles. The Morgan fingerprint density at radius 2 is 1.94 bits per heavy atom. The first-order valence-corrected chi connectivity index (χ1v) is 11.1. The van der Waals surface area contributed by atoms with Crippen molar-refractivity contribution in [3.8, 4) is 0 Å². The number of nitrogens with one attached hydrogen (secondary N) is 1. The van der Waals surface area contributed by atoms with E-state index in [9.17, 15) is 14.4 Å². The van der Waals surface area contributed by atoms with Crippen LogP contribution >= 0.6 is 0 Å². The quantitative estimate of drug-likeness (QED) is 0.813. The molecule has 1 aliphatic carbocycles. The summed E-state index contributed by atoms with van der Waals surface area (Å²) in [5.74, 6) is -0.0308. The average molecular weight is 418 g/mol. The molecule has 2 fully saturated rings. The molecule has 0 bridgehead atoms. The Bertz CT molecular complexity index is 1060. The Morgan fingerprint density at radius 3 is 2.71 bits per heavy atom. The number of carbonyl (C=O) groups is 3. The second-order valence-electron chi connectivity index (χ2n) is 8.94. The van der Waals surface area contributed by atoms with Crippen molar-refractivity contribution in [2.24, 2.45) is 11.8 Å². The highest BCUT2D eigenvalue weighted by molar-refractivity contribution is 6.02. The standard InChI is InChI=1S/C25H27N3O3/c1-16-3-2-4-17(11-16)14-26-24(30)20-13-23(29)28(15-20)21-7-8-22-19(12-21)9-10-27(22)25(31)18-5-6-18/h2-4,7-8,11-12,18,20H,5-6,9-10,13-15H2,1H3,(H,26,30)/t20-/m1/s1. The molecule has 1 N–H and O–H groups in total. The van der Waals surface area contributed by atoms with Crippen LogP contribution in [0.25, 0.3) is 0 Å². The van der Waals surface area contributed by atoms with Crippen molar-refractivity contribution in [1.82, 2.24) is 5.32 Å². The normalized spacial score (nSPS) is 20.2. The molecule has 160 valence electrons. The molecule has 6 heteroatoms. The summed E-state index contributed by atoms with van der Waals surface area (Å²) in [5.41, 5.74) is 5.10. The van der Waals surface area contributed by atoms with Gasteiger partial charge >= 0.3 is 0 Å². The molecule has 1 saturated heterocycles. The minimum atomic E-state index is -0.349. The van der Waals surface area contributed by atoms with Gasteiger partial charge in [-0.15, -0.1) is 0 Å². The summed E-state index contributed by atoms with van der Waals surface area (Å²) in [5, 5.41) is 2.98. The van der Waals surface area contributed by atoms with Crippen LogP contribution in [0.4, 0.5) is 11.4 Å². The molecule has 2 heterocycles. The second kappa shape index (κ2) is 7.84. The van der Waals surface area contributed by atoms with Gasteiger partial charge in [-0.1, -0.05) is 29.8 Å². The summed E-state index contributed by atoms with van der Waals surface area (Å²) in [7, 11) is 0. The van der Waals surface area contributed by atoms with Gasteiger partial charge in [0.25, 0.3) is 0 Å². The number of amides is 3. The fraction of sp³-hybridized carbons (Fsp3) is 0.400. The van der Waals surface area contributed by atoms with Gasteiger partial charge in [-0.25, -0.2) is 0 Å². The lowest BCUT2D eigenvalue weighted by molar-refractivity contribution is -0.126. The molecule has 2 aromatic rings. The molecule has 0 unspecified atom stereocenters. The van der Waals surface area contributed by atoms with E-state index >= 15 is 0 Å². The third kappa shape index (κ3) is 3.94. The number of fused-ring (bicyclic) bond motifs is 1. The molecular formula is C25H27N3O3. The number of benzene rings is 2. The molecule has 0 radical (unpaired) electrons. The van der Waals surface area contributed by atoms with Crippen molar-refractivity contribution in [3.05, 3.63) is 59.2 Å². The Morgan fingerprint density at radius 1 is 1.10 bits per heavy atom. The molecule has 3 aliphatic rings. The maximum Gasteiger partial charge on any atom is 0.230 e. The Kier molecular flexibility index (Phi) is 5.00. The van der Waals surface area contributed by atoms with Crippen molar-refractivity contribution in [3.63, 3.8) is 0 Å². The van der Waals surface area contributed by atoms with Gasteiger partial charge < -0.3 is 15.1 Å². The maximum atomic E-state index is 12.7. The van der Waals surface area contributed by atoms with E-state index in [4.69, 9.17) is 0 Å². The van der Waals surface area contributed by atoms with Gasteiger partial charge in [0, 0.05) is 43.3 Å². The number of nitrogens with zero attached hydrogens (tertiary/aromatic N) is 2. The van der Waals surface area contributed by atoms with Crippen LogP contribution in [0, 0.1) is 18.8 Å². The van der Waals surface area contributed by atoms with Crippen LogP contribution in [0.3, 0.4) is 0 Å². The molecule has 1 saturated carbocycles. The highest BCUT2D eigenvalue weighted by Gasteiger charge is 2.38. The zero-order chi connectivity index (χ0) is 21.5. The lowest BCUT2D eigenvalue weighted by Gasteiger charge is -2.20. The predicted molar refractivity (Wildman–Crippen MR) is 119 cm³/mol. The van der Waals surface area contributed by atoms with Crippen LogP contribution in [0.2, 0.25) is 0 Å². The predicted octanol–water partition coefficient (Wildman–Crippen LogP) is 2.96. The van der Waals surface area contributed by atoms with Crippen LogP contribution in [-0.2, 0) is 27.3 Å². The molecule has 5 rings (SSSR count). The van der Waals surface area contributed by atoms with Crippen LogP contribution in [0.15, 0.2) is 42.5 Å². The molecule has 6 nitrogen and oxygen atoms in total. The summed E-state index contributed by atoms with van der Waals surface area (Å²) in [6, 6.07) is 13.9. The largest absolute Gasteiger partial charge is 0.352 e. The Labute approximate surface area is 182 Å². The number of hydrogen-bond acceptors (Lipinski definition) is 3. The summed E-state index contributed by atoms with van der Waals surface area (Å²) < 4.78 is 0. The van der Waals surface area contributed by atoms with E-state index < -0.39 is 0 Å². The molecular weight excluding hydrogens is 390 g/mol. The van der Waals surface area contributed by atoms with E-state index in [0.717, 1.165) is 47.3 Å². The number of aryl methyl sites for hydroxylation is 1. The van der Waals surface area contributed by atoms with Gasteiger partial charge in [-0.3, -0.25) is 14.4 Å². The topological polar surface area (TPSA) is 69.7 Å². The van der Waals surface area contributed by atoms with Crippen LogP contribution < -0.4 is 15.1 Å². The minimum Gasteiger partial charge on any atom is -0.352 e. The minimum absolute atomic E-state index is 0.0282. The highest BCUT2D eigenvalue weighted by atomic mass is 16.2. The fourth-order valence-electron chi connectivity index (χ4n) is 4.62. The number of hydrogen-bond donors (Lipinski definition) is 1. The zero-order valence-electron chi connectivity index (χ0n) is 17.8. The number of anilines is 2. The Hall–Kier alpha value is -3.15. The van der Waals surface area contributed by atoms with E-state index in [0.29, 0.717) is 19.6 Å². The fourth-order valence-corrected chi connectivity index (χ4v) is 4.62. The summed E-state index contributed by atoms with van der Waals surface area (Å²) in [6.45, 7) is 3.60. The molecule has 3 amide bonds. The van der Waals surface area contributed by atoms with E-state index in [1.54, 1.807) is 4.90 Å². The Balaban J connectivity index is 1.24. The maximum absolute atomic E-state index is 12.7. The highest BCUT2D eigenvalue weighted by Crippen LogP contribution is 2.38. The molecule has 2 aliphatic heterocycles. The van der Waals surface area contributed by atoms with E-state index in [1.807, 2.05) is 54.3 Å². The van der Waals surface area contributed by atoms with E-state index in [-0.39, 0.29) is 36.0 Å². The van der Waals surface area contributed by atoms with Gasteiger partial charge in [-0.2, -0.15) is 0 Å². The van der Waals surface area contributed by atoms with Crippen molar-refractivity contribution < 1.29 is 14.4 Å². The third-order valence-corrected chi connectivity index (χ3v) is 6.51. The molecule has 1 atom stereocenters. The lowest BCUT2D eigenvalue weighted by atomic mass is 10.1. The molecule has 31 heavy (non-hydrogen) atoms. The van der Waals surface area contributed by atoms with E-state index in [1.165, 1.54) is 0 Å². The third-order valence-electron chi connectivity index (χ3n) is 6.51. The first-order valence-electron chi connectivity index (χ1n) is 11.1. The monoisotopic (exact) mass is 417 g/mol. The first kappa shape index (κ1) is 19.8. The SMILES string of the molecule is Cc1cccc(CNC(=O)[C@@H]2CC(=O)N(c3ccc4c(c3)CCN4C(=O)C3CC3)C2)c1. The van der Waals surface area contributed by atoms with E-state index in [2.05, 4.69) is 5.32 Å². The van der Waals surface area contributed by atoms with Crippen molar-refractivity contribution in [2.75, 3.05) is 22.9 Å². The number of carbonyl (C=O) groups excluding carboxylic acids is 3. The number of rotatable bonds is 5. The van der Waals surface area contributed by atoms with Gasteiger partial charge in [0.2, 0.25) is 17.7 Å². The van der Waals surface area contributed by atoms with Gasteiger partial charge in [0.15, 0.2) is 0 Å². The second-order valence-corrected chi connectivity index (χ2v) is 8.94. The smallest absolute Gasteiger partial charge is 0.230 e. The average Bonchev–Trinajstić information content (AvgIpc) is 3.42. The van der Waals surface area contributed by atoms with Gasteiger partial charge in [0.1, 0.15) is 0 Å². The van der Waals surface area contributed by atoms with Crippen LogP contribution in [0.5, 0.6) is 0 Å². The van der Waals surface area contributed by atoms with Gasteiger partial charge in [0.05, 0.1) is 5.92 Å². The summed E-state index contributed by atoms with van der Waals surface area (Å²) in [4.78, 5) is 41.4. The zero-order valence-corrected chi connectivity index (χ0v) is 17.8. The molecule has 0 aromatic heterocycles. The first-order chi connectivity index (χ1) is 15.0. The summed E-state index contributed by atoms with van der Waals surface area (Å²) in [6.07, 6.45) is 3.03. The lowest BCUT2D eigenvalue weighted by Crippen LogP contribution is -2.32. The van der Waals surface area contributed by atoms with Gasteiger partial charge in [-0.05, 0) is 55.5 Å². The summed E-state index contributed by atoms with van der Waals surface area (Å²) >= 11 is 0. The van der Waals surface area contributed by atoms with Crippen LogP contribution in [-0.4, -0.2) is 30.8 Å². The van der Waals surface area contributed by atoms with Crippen molar-refractivity contribution >= 4 is 29.1 Å². The van der Waals surface area contributed by atoms with Crippen LogP contribution in [0.1, 0.15) is 36.0 Å². The van der Waals surface area contributed by atoms with Crippen molar-refractivity contribution in [1.29, 1.82) is 0 Å².